The van der Waals surface area contributed by atoms with E-state index in [1.165, 1.54) is 58.3 Å². The molecule has 3 heteroatoms. The summed E-state index contributed by atoms with van der Waals surface area (Å²) in [6, 6.07) is 3.05. The molecule has 0 aromatic carbocycles. The molecule has 0 aliphatic carbocycles. The maximum Gasteiger partial charge on any atom is 0.0622 e. The predicted octanol–water partition coefficient (Wildman–Crippen LogP) is 2.88. The van der Waals surface area contributed by atoms with Gasteiger partial charge in [0.05, 0.1) is 6.07 Å². The monoisotopic (exact) mass is 263 g/mol. The second-order valence-electron chi connectivity index (χ2n) is 6.41. The van der Waals surface area contributed by atoms with Crippen molar-refractivity contribution in [3.8, 4) is 6.07 Å². The van der Waals surface area contributed by atoms with E-state index in [9.17, 15) is 0 Å². The van der Waals surface area contributed by atoms with E-state index in [2.05, 4.69) is 22.8 Å². The summed E-state index contributed by atoms with van der Waals surface area (Å²) >= 11 is 0. The number of hydrogen-bond acceptors (Lipinski definition) is 3. The molecule has 0 N–H and O–H groups in total. The van der Waals surface area contributed by atoms with Crippen LogP contribution >= 0.6 is 0 Å². The molecule has 19 heavy (non-hydrogen) atoms. The van der Waals surface area contributed by atoms with Gasteiger partial charge in [-0.2, -0.15) is 5.26 Å². The van der Waals surface area contributed by atoms with Crippen LogP contribution in [0.15, 0.2) is 0 Å². The average molecular weight is 263 g/mol. The van der Waals surface area contributed by atoms with Crippen LogP contribution in [0.5, 0.6) is 0 Å². The Morgan fingerprint density at radius 1 is 1.16 bits per heavy atom. The summed E-state index contributed by atoms with van der Waals surface area (Å²) in [6.07, 6.45) is 8.70. The van der Waals surface area contributed by atoms with Crippen molar-refractivity contribution in [3.63, 3.8) is 0 Å². The molecule has 0 aromatic rings. The van der Waals surface area contributed by atoms with Gasteiger partial charge in [-0.15, -0.1) is 0 Å². The molecule has 0 amide bonds. The molecule has 2 fully saturated rings. The van der Waals surface area contributed by atoms with Crippen molar-refractivity contribution in [2.45, 2.75) is 57.9 Å². The number of nitrogens with zero attached hydrogens (tertiary/aromatic N) is 3. The Balaban J connectivity index is 1.72. The fraction of sp³-hybridized carbons (Fsp3) is 0.938. The zero-order valence-electron chi connectivity index (χ0n) is 12.5. The summed E-state index contributed by atoms with van der Waals surface area (Å²) in [5.41, 5.74) is 0. The van der Waals surface area contributed by atoms with E-state index in [0.717, 1.165) is 24.9 Å². The molecule has 2 heterocycles. The molecule has 3 nitrogen and oxygen atoms in total. The zero-order valence-corrected chi connectivity index (χ0v) is 12.5. The van der Waals surface area contributed by atoms with Gasteiger partial charge in [0.2, 0.25) is 0 Å². The summed E-state index contributed by atoms with van der Waals surface area (Å²) in [5, 5.41) is 8.62. The molecule has 0 saturated carbocycles. The first-order valence-electron chi connectivity index (χ1n) is 8.13. The van der Waals surface area contributed by atoms with E-state index < -0.39 is 0 Å². The maximum absolute atomic E-state index is 8.62. The van der Waals surface area contributed by atoms with Crippen molar-refractivity contribution in [2.24, 2.45) is 5.92 Å². The molecule has 2 aliphatic rings. The Hall–Kier alpha value is -0.590. The fourth-order valence-corrected chi connectivity index (χ4v) is 3.65. The van der Waals surface area contributed by atoms with Crippen molar-refractivity contribution < 1.29 is 0 Å². The van der Waals surface area contributed by atoms with Gasteiger partial charge in [-0.05, 0) is 64.6 Å². The van der Waals surface area contributed by atoms with Crippen LogP contribution in [0.4, 0.5) is 0 Å². The quantitative estimate of drug-likeness (QED) is 0.715. The Morgan fingerprint density at radius 3 is 2.84 bits per heavy atom. The maximum atomic E-state index is 8.62. The summed E-state index contributed by atoms with van der Waals surface area (Å²) in [7, 11) is 0. The lowest BCUT2D eigenvalue weighted by Gasteiger charge is -2.39. The van der Waals surface area contributed by atoms with E-state index in [1.807, 2.05) is 0 Å². The Kier molecular flexibility index (Phi) is 6.13. The largest absolute Gasteiger partial charge is 0.303 e. The number of nitriles is 1. The van der Waals surface area contributed by atoms with Crippen LogP contribution in [0.3, 0.4) is 0 Å². The van der Waals surface area contributed by atoms with Gasteiger partial charge in [0.1, 0.15) is 0 Å². The third-order valence-corrected chi connectivity index (χ3v) is 4.80. The van der Waals surface area contributed by atoms with Crippen molar-refractivity contribution in [1.82, 2.24) is 9.80 Å². The summed E-state index contributed by atoms with van der Waals surface area (Å²) in [5.74, 6) is 0.858. The molecule has 0 aromatic heterocycles. The first-order valence-corrected chi connectivity index (χ1v) is 8.13. The average Bonchev–Trinajstić information content (AvgIpc) is 2.42. The smallest absolute Gasteiger partial charge is 0.0622 e. The Morgan fingerprint density at radius 2 is 2.05 bits per heavy atom. The highest BCUT2D eigenvalue weighted by Gasteiger charge is 2.25. The first kappa shape index (κ1) is 14.8. The fourth-order valence-electron chi connectivity index (χ4n) is 3.65. The molecule has 0 bridgehead atoms. The van der Waals surface area contributed by atoms with Crippen molar-refractivity contribution >= 4 is 0 Å². The van der Waals surface area contributed by atoms with E-state index in [1.54, 1.807) is 0 Å². The number of hydrogen-bond donors (Lipinski definition) is 0. The molecule has 2 saturated heterocycles. The third-order valence-electron chi connectivity index (χ3n) is 4.80. The number of piperidine rings is 2. The zero-order chi connectivity index (χ0) is 13.5. The lowest BCUT2D eigenvalue weighted by Crippen LogP contribution is -2.45. The lowest BCUT2D eigenvalue weighted by molar-refractivity contribution is 0.0937. The highest BCUT2D eigenvalue weighted by Crippen LogP contribution is 2.22. The van der Waals surface area contributed by atoms with Gasteiger partial charge >= 0.3 is 0 Å². The SMILES string of the molecule is C[C@@H]1CCCCN1C[C@H]1CCCN(CCCC#N)C1. The Labute approximate surface area is 118 Å². The molecule has 2 atom stereocenters. The minimum Gasteiger partial charge on any atom is -0.303 e. The molecule has 108 valence electrons. The second-order valence-corrected chi connectivity index (χ2v) is 6.41. The molecular weight excluding hydrogens is 234 g/mol. The van der Waals surface area contributed by atoms with Crippen molar-refractivity contribution in [1.29, 1.82) is 5.26 Å². The highest BCUT2D eigenvalue weighted by atomic mass is 15.2. The van der Waals surface area contributed by atoms with Crippen molar-refractivity contribution in [2.75, 3.05) is 32.7 Å². The number of rotatable bonds is 5. The lowest BCUT2D eigenvalue weighted by atomic mass is 9.94. The van der Waals surface area contributed by atoms with E-state index in [4.69, 9.17) is 5.26 Å². The van der Waals surface area contributed by atoms with Crippen LogP contribution in [-0.4, -0.2) is 48.6 Å². The van der Waals surface area contributed by atoms with Crippen LogP contribution in [0, 0.1) is 17.2 Å². The van der Waals surface area contributed by atoms with Gasteiger partial charge in [0.25, 0.3) is 0 Å². The Bertz CT molecular complexity index is 297. The van der Waals surface area contributed by atoms with Crippen LogP contribution in [0.25, 0.3) is 0 Å². The normalized spacial score (nSPS) is 30.1. The molecule has 2 rings (SSSR count). The van der Waals surface area contributed by atoms with Gasteiger partial charge in [-0.25, -0.2) is 0 Å². The van der Waals surface area contributed by atoms with Gasteiger partial charge in [0.15, 0.2) is 0 Å². The summed E-state index contributed by atoms with van der Waals surface area (Å²) < 4.78 is 0. The minimum atomic E-state index is 0.713. The molecule has 0 spiro atoms. The minimum absolute atomic E-state index is 0.713. The first-order chi connectivity index (χ1) is 9.29. The second kappa shape index (κ2) is 7.87. The number of unbranched alkanes of at least 4 members (excludes halogenated alkanes) is 1. The van der Waals surface area contributed by atoms with Crippen molar-refractivity contribution in [3.05, 3.63) is 0 Å². The number of likely N-dealkylation sites (tertiary alicyclic amines) is 2. The van der Waals surface area contributed by atoms with Gasteiger partial charge in [0, 0.05) is 25.6 Å². The topological polar surface area (TPSA) is 30.3 Å². The van der Waals surface area contributed by atoms with Crippen LogP contribution in [0.1, 0.15) is 51.9 Å². The molecular formula is C16H29N3. The standard InChI is InChI=1S/C16H29N3/c1-15-7-2-4-12-19(15)14-16-8-6-11-18(13-16)10-5-3-9-17/h15-16H,2-8,10-14H2,1H3/t15-,16+/m1/s1. The third kappa shape index (κ3) is 4.78. The van der Waals surface area contributed by atoms with Gasteiger partial charge in [-0.3, -0.25) is 0 Å². The molecule has 0 unspecified atom stereocenters. The molecule has 0 radical (unpaired) electrons. The van der Waals surface area contributed by atoms with E-state index in [-0.39, 0.29) is 0 Å². The predicted molar refractivity (Wildman–Crippen MR) is 78.9 cm³/mol. The van der Waals surface area contributed by atoms with E-state index in [0.29, 0.717) is 6.42 Å². The van der Waals surface area contributed by atoms with Crippen LogP contribution in [0.2, 0.25) is 0 Å². The van der Waals surface area contributed by atoms with Crippen LogP contribution in [-0.2, 0) is 0 Å². The molecule has 2 aliphatic heterocycles. The van der Waals surface area contributed by atoms with Gasteiger partial charge < -0.3 is 9.80 Å². The highest BCUT2D eigenvalue weighted by molar-refractivity contribution is 4.80. The van der Waals surface area contributed by atoms with Gasteiger partial charge in [-0.1, -0.05) is 6.42 Å². The van der Waals surface area contributed by atoms with E-state index >= 15 is 0 Å². The summed E-state index contributed by atoms with van der Waals surface area (Å²) in [4.78, 5) is 5.30. The van der Waals surface area contributed by atoms with Crippen LogP contribution < -0.4 is 0 Å². The summed E-state index contributed by atoms with van der Waals surface area (Å²) in [6.45, 7) is 8.64.